The van der Waals surface area contributed by atoms with E-state index in [0.29, 0.717) is 5.75 Å². The number of thioether (sulfide) groups is 1. The van der Waals surface area contributed by atoms with Crippen LogP contribution in [-0.4, -0.2) is 22.1 Å². The maximum Gasteiger partial charge on any atom is 0.255 e. The Hall–Kier alpha value is -2.73. The van der Waals surface area contributed by atoms with Crippen LogP contribution in [0.1, 0.15) is 5.56 Å². The third-order valence-electron chi connectivity index (χ3n) is 3.66. The predicted octanol–water partition coefficient (Wildman–Crippen LogP) is 3.24. The Balaban J connectivity index is 1.67. The number of ether oxygens (including phenoxy) is 1. The SMILES string of the molecule is Cn1c(-c2ccccc2)cnc1SCc1cccc(OCC(N)=O)c1. The molecular weight excluding hydrogens is 334 g/mol. The largest absolute Gasteiger partial charge is 0.484 e. The number of aromatic nitrogens is 2. The summed E-state index contributed by atoms with van der Waals surface area (Å²) in [6.07, 6.45) is 1.89. The molecule has 1 aromatic heterocycles. The van der Waals surface area contributed by atoms with E-state index in [2.05, 4.69) is 21.7 Å². The summed E-state index contributed by atoms with van der Waals surface area (Å²) in [6.45, 7) is -0.115. The standard InChI is InChI=1S/C19H19N3O2S/c1-22-17(15-7-3-2-4-8-15)11-21-19(22)25-13-14-6-5-9-16(10-14)24-12-18(20)23/h2-11H,12-13H2,1H3,(H2,20,23). The van der Waals surface area contributed by atoms with Gasteiger partial charge in [-0.1, -0.05) is 54.2 Å². The van der Waals surface area contributed by atoms with Crippen LogP contribution in [0.2, 0.25) is 0 Å². The van der Waals surface area contributed by atoms with Crippen LogP contribution < -0.4 is 10.5 Å². The van der Waals surface area contributed by atoms with Crippen molar-refractivity contribution in [3.05, 3.63) is 66.4 Å². The quantitative estimate of drug-likeness (QED) is 0.662. The Kier molecular flexibility index (Phi) is 5.40. The fourth-order valence-electron chi connectivity index (χ4n) is 2.43. The summed E-state index contributed by atoms with van der Waals surface area (Å²) in [5, 5.41) is 0.947. The summed E-state index contributed by atoms with van der Waals surface area (Å²) >= 11 is 1.65. The van der Waals surface area contributed by atoms with Crippen LogP contribution in [0.3, 0.4) is 0 Å². The van der Waals surface area contributed by atoms with Gasteiger partial charge in [0.15, 0.2) is 11.8 Å². The first-order chi connectivity index (χ1) is 12.1. The van der Waals surface area contributed by atoms with Gasteiger partial charge in [0.1, 0.15) is 5.75 Å². The van der Waals surface area contributed by atoms with Crippen LogP contribution in [0, 0.1) is 0 Å². The second-order valence-corrected chi connectivity index (χ2v) is 6.48. The molecule has 3 rings (SSSR count). The van der Waals surface area contributed by atoms with Gasteiger partial charge in [-0.2, -0.15) is 0 Å². The maximum absolute atomic E-state index is 10.8. The zero-order valence-corrected chi connectivity index (χ0v) is 14.7. The highest BCUT2D eigenvalue weighted by atomic mass is 32.2. The number of amides is 1. The molecule has 0 aliphatic rings. The monoisotopic (exact) mass is 353 g/mol. The van der Waals surface area contributed by atoms with Crippen LogP contribution in [0.15, 0.2) is 66.0 Å². The highest BCUT2D eigenvalue weighted by Crippen LogP contribution is 2.27. The number of benzene rings is 2. The zero-order valence-electron chi connectivity index (χ0n) is 13.9. The van der Waals surface area contributed by atoms with Gasteiger partial charge in [0.25, 0.3) is 5.91 Å². The van der Waals surface area contributed by atoms with Crippen LogP contribution in [-0.2, 0) is 17.6 Å². The molecule has 25 heavy (non-hydrogen) atoms. The van der Waals surface area contributed by atoms with E-state index in [1.165, 1.54) is 0 Å². The second-order valence-electron chi connectivity index (χ2n) is 5.54. The third-order valence-corrected chi connectivity index (χ3v) is 4.78. The van der Waals surface area contributed by atoms with E-state index in [9.17, 15) is 4.79 Å². The molecule has 128 valence electrons. The molecule has 0 spiro atoms. The van der Waals surface area contributed by atoms with Gasteiger partial charge in [0.2, 0.25) is 0 Å². The summed E-state index contributed by atoms with van der Waals surface area (Å²) in [6, 6.07) is 17.8. The molecule has 0 unspecified atom stereocenters. The van der Waals surface area contributed by atoms with Crippen molar-refractivity contribution in [2.45, 2.75) is 10.9 Å². The summed E-state index contributed by atoms with van der Waals surface area (Å²) in [7, 11) is 2.02. The highest BCUT2D eigenvalue weighted by Gasteiger charge is 2.09. The van der Waals surface area contributed by atoms with E-state index in [1.807, 2.05) is 55.7 Å². The molecule has 0 fully saturated rings. The molecule has 6 heteroatoms. The van der Waals surface area contributed by atoms with Crippen molar-refractivity contribution >= 4 is 17.7 Å². The average Bonchev–Trinajstić information content (AvgIpc) is 3.00. The summed E-state index contributed by atoms with van der Waals surface area (Å²) in [5.74, 6) is 0.912. The van der Waals surface area contributed by atoms with Gasteiger partial charge in [-0.05, 0) is 23.3 Å². The number of primary amides is 1. The minimum atomic E-state index is -0.485. The van der Waals surface area contributed by atoms with Gasteiger partial charge < -0.3 is 15.0 Å². The molecule has 0 saturated heterocycles. The smallest absolute Gasteiger partial charge is 0.255 e. The number of nitrogens with two attached hydrogens (primary N) is 1. The molecule has 0 atom stereocenters. The van der Waals surface area contributed by atoms with Crippen LogP contribution >= 0.6 is 11.8 Å². The van der Waals surface area contributed by atoms with Crippen molar-refractivity contribution in [1.82, 2.24) is 9.55 Å². The summed E-state index contributed by atoms with van der Waals surface area (Å²) in [4.78, 5) is 15.3. The third kappa shape index (κ3) is 4.42. The molecule has 0 aliphatic carbocycles. The van der Waals surface area contributed by atoms with E-state index < -0.39 is 5.91 Å². The lowest BCUT2D eigenvalue weighted by atomic mass is 10.2. The highest BCUT2D eigenvalue weighted by molar-refractivity contribution is 7.98. The number of imidazole rings is 1. The number of carbonyl (C=O) groups excluding carboxylic acids is 1. The average molecular weight is 353 g/mol. The van der Waals surface area contributed by atoms with Crippen molar-refractivity contribution < 1.29 is 9.53 Å². The lowest BCUT2D eigenvalue weighted by molar-refractivity contribution is -0.119. The zero-order chi connectivity index (χ0) is 17.6. The van der Waals surface area contributed by atoms with Crippen molar-refractivity contribution in [1.29, 1.82) is 0 Å². The topological polar surface area (TPSA) is 70.1 Å². The van der Waals surface area contributed by atoms with Gasteiger partial charge in [-0.25, -0.2) is 4.98 Å². The molecule has 0 saturated carbocycles. The minimum absolute atomic E-state index is 0.115. The Morgan fingerprint density at radius 2 is 2.00 bits per heavy atom. The Morgan fingerprint density at radius 1 is 1.20 bits per heavy atom. The molecule has 2 aromatic carbocycles. The number of nitrogens with zero attached hydrogens (tertiary/aromatic N) is 2. The Morgan fingerprint density at radius 3 is 2.76 bits per heavy atom. The van der Waals surface area contributed by atoms with E-state index in [4.69, 9.17) is 10.5 Å². The minimum Gasteiger partial charge on any atom is -0.484 e. The van der Waals surface area contributed by atoms with Crippen LogP contribution in [0.4, 0.5) is 0 Å². The van der Waals surface area contributed by atoms with Crippen molar-refractivity contribution in [2.24, 2.45) is 12.8 Å². The fraction of sp³-hybridized carbons (Fsp3) is 0.158. The molecule has 2 N–H and O–H groups in total. The summed E-state index contributed by atoms with van der Waals surface area (Å²) in [5.41, 5.74) is 8.42. The normalized spacial score (nSPS) is 10.6. The molecule has 1 heterocycles. The number of rotatable bonds is 7. The molecule has 0 aliphatic heterocycles. The van der Waals surface area contributed by atoms with Gasteiger partial charge in [0.05, 0.1) is 11.9 Å². The van der Waals surface area contributed by atoms with Gasteiger partial charge in [0, 0.05) is 12.8 Å². The number of hydrogen-bond acceptors (Lipinski definition) is 4. The first-order valence-electron chi connectivity index (χ1n) is 7.83. The first-order valence-corrected chi connectivity index (χ1v) is 8.82. The van der Waals surface area contributed by atoms with Crippen molar-refractivity contribution in [3.8, 4) is 17.0 Å². The molecular formula is C19H19N3O2S. The van der Waals surface area contributed by atoms with Gasteiger partial charge in [-0.3, -0.25) is 4.79 Å². The van der Waals surface area contributed by atoms with E-state index in [-0.39, 0.29) is 6.61 Å². The lowest BCUT2D eigenvalue weighted by Crippen LogP contribution is -2.20. The van der Waals surface area contributed by atoms with E-state index >= 15 is 0 Å². The maximum atomic E-state index is 10.8. The van der Waals surface area contributed by atoms with Crippen LogP contribution in [0.5, 0.6) is 5.75 Å². The van der Waals surface area contributed by atoms with E-state index in [0.717, 1.165) is 27.7 Å². The Bertz CT molecular complexity index is 862. The predicted molar refractivity (Wildman–Crippen MR) is 99.3 cm³/mol. The molecule has 0 radical (unpaired) electrons. The van der Waals surface area contributed by atoms with Crippen molar-refractivity contribution in [3.63, 3.8) is 0 Å². The molecule has 0 bridgehead atoms. The second kappa shape index (κ2) is 7.90. The summed E-state index contributed by atoms with van der Waals surface area (Å²) < 4.78 is 7.43. The molecule has 5 nitrogen and oxygen atoms in total. The first kappa shape index (κ1) is 17.1. The van der Waals surface area contributed by atoms with E-state index in [1.54, 1.807) is 11.8 Å². The van der Waals surface area contributed by atoms with Gasteiger partial charge >= 0.3 is 0 Å². The van der Waals surface area contributed by atoms with Crippen LogP contribution in [0.25, 0.3) is 11.3 Å². The lowest BCUT2D eigenvalue weighted by Gasteiger charge is -2.08. The Labute approximate surface area is 150 Å². The molecule has 1 amide bonds. The fourth-order valence-corrected chi connectivity index (χ4v) is 3.33. The van der Waals surface area contributed by atoms with Gasteiger partial charge in [-0.15, -0.1) is 0 Å². The number of carbonyl (C=O) groups is 1. The van der Waals surface area contributed by atoms with Crippen molar-refractivity contribution in [2.75, 3.05) is 6.61 Å². The molecule has 3 aromatic rings. The number of hydrogen-bond donors (Lipinski definition) is 1.